The first-order valence-corrected chi connectivity index (χ1v) is 4.15. The molecule has 5 heteroatoms. The molecule has 0 aromatic carbocycles. The van der Waals surface area contributed by atoms with Gasteiger partial charge in [0.25, 0.3) is 6.43 Å². The van der Waals surface area contributed by atoms with E-state index in [1.54, 1.807) is 6.07 Å². The summed E-state index contributed by atoms with van der Waals surface area (Å²) < 4.78 is 24.8. The summed E-state index contributed by atoms with van der Waals surface area (Å²) in [6.07, 6.45) is -2.70. The van der Waals surface area contributed by atoms with Crippen LogP contribution in [0.2, 0.25) is 0 Å². The minimum absolute atomic E-state index is 0.000249. The second-order valence-corrected chi connectivity index (χ2v) is 2.95. The van der Waals surface area contributed by atoms with Crippen molar-refractivity contribution in [2.24, 2.45) is 0 Å². The molecule has 0 aliphatic rings. The first-order chi connectivity index (χ1) is 7.10. The second kappa shape index (κ2) is 4.47. The van der Waals surface area contributed by atoms with Crippen molar-refractivity contribution < 1.29 is 8.78 Å². The number of pyridine rings is 1. The lowest BCUT2D eigenvalue weighted by atomic mass is 10.1. The van der Waals surface area contributed by atoms with Gasteiger partial charge in [-0.1, -0.05) is 6.07 Å². The van der Waals surface area contributed by atoms with Crippen LogP contribution in [0.4, 0.5) is 8.78 Å². The predicted molar refractivity (Wildman–Crippen MR) is 48.0 cm³/mol. The number of hydrogen-bond donors (Lipinski definition) is 0. The van der Waals surface area contributed by atoms with Gasteiger partial charge in [-0.25, -0.2) is 13.8 Å². The number of nitriles is 2. The van der Waals surface area contributed by atoms with E-state index >= 15 is 0 Å². The Kier molecular flexibility index (Phi) is 3.30. The molecule has 1 rings (SSSR count). The fourth-order valence-corrected chi connectivity index (χ4v) is 1.22. The van der Waals surface area contributed by atoms with E-state index in [1.165, 1.54) is 13.0 Å². The van der Waals surface area contributed by atoms with E-state index < -0.39 is 12.1 Å². The molecule has 0 radical (unpaired) electrons. The molecule has 0 amide bonds. The average molecular weight is 207 g/mol. The Bertz CT molecular complexity index is 455. The van der Waals surface area contributed by atoms with Crippen molar-refractivity contribution in [1.82, 2.24) is 4.98 Å². The van der Waals surface area contributed by atoms with E-state index in [9.17, 15) is 8.78 Å². The molecule has 1 aromatic heterocycles. The third kappa shape index (κ3) is 2.26. The maximum absolute atomic E-state index is 12.4. The fraction of sp³-hybridized carbons (Fsp3) is 0.300. The van der Waals surface area contributed by atoms with Crippen LogP contribution in [0.25, 0.3) is 0 Å². The van der Waals surface area contributed by atoms with Gasteiger partial charge in [-0.05, 0) is 12.5 Å². The van der Waals surface area contributed by atoms with Gasteiger partial charge in [0.15, 0.2) is 0 Å². The predicted octanol–water partition coefficient (Wildman–Crippen LogP) is 2.27. The third-order valence-corrected chi connectivity index (χ3v) is 1.91. The number of alkyl halides is 2. The van der Waals surface area contributed by atoms with Gasteiger partial charge in [0.2, 0.25) is 0 Å². The molecular formula is C10H7F2N3. The van der Waals surface area contributed by atoms with Crippen LogP contribution in [0, 0.1) is 29.6 Å². The SMILES string of the molecule is Cc1cc(CC#N)c(C#N)nc1C(F)F. The molecule has 0 atom stereocenters. The third-order valence-electron chi connectivity index (χ3n) is 1.91. The molecule has 0 unspecified atom stereocenters. The van der Waals surface area contributed by atoms with Gasteiger partial charge < -0.3 is 0 Å². The number of rotatable bonds is 2. The highest BCUT2D eigenvalue weighted by molar-refractivity contribution is 5.38. The molecule has 0 fully saturated rings. The number of halogens is 2. The van der Waals surface area contributed by atoms with Gasteiger partial charge in [-0.2, -0.15) is 10.5 Å². The standard InChI is InChI=1S/C10H7F2N3/c1-6-4-7(2-3-13)8(5-14)15-9(6)10(11)12/h4,10H,2H2,1H3. The van der Waals surface area contributed by atoms with Crippen molar-refractivity contribution >= 4 is 0 Å². The van der Waals surface area contributed by atoms with E-state index in [1.807, 2.05) is 6.07 Å². The van der Waals surface area contributed by atoms with Gasteiger partial charge >= 0.3 is 0 Å². The Morgan fingerprint density at radius 1 is 1.47 bits per heavy atom. The molecule has 0 saturated heterocycles. The number of hydrogen-bond acceptors (Lipinski definition) is 3. The maximum Gasteiger partial charge on any atom is 0.280 e. The van der Waals surface area contributed by atoms with Crippen molar-refractivity contribution in [3.63, 3.8) is 0 Å². The largest absolute Gasteiger partial charge is 0.280 e. The molecule has 0 aliphatic carbocycles. The summed E-state index contributed by atoms with van der Waals surface area (Å²) in [5, 5.41) is 17.1. The Morgan fingerprint density at radius 3 is 2.60 bits per heavy atom. The van der Waals surface area contributed by atoms with Crippen molar-refractivity contribution in [1.29, 1.82) is 10.5 Å². The number of nitrogens with zero attached hydrogens (tertiary/aromatic N) is 3. The van der Waals surface area contributed by atoms with Crippen LogP contribution in [0.1, 0.15) is 28.9 Å². The highest BCUT2D eigenvalue weighted by atomic mass is 19.3. The Hall–Kier alpha value is -2.01. The first-order valence-electron chi connectivity index (χ1n) is 4.15. The highest BCUT2D eigenvalue weighted by Crippen LogP contribution is 2.22. The topological polar surface area (TPSA) is 60.5 Å². The van der Waals surface area contributed by atoms with Crippen molar-refractivity contribution in [3.05, 3.63) is 28.6 Å². The first kappa shape index (κ1) is 11.1. The van der Waals surface area contributed by atoms with Gasteiger partial charge in [0.05, 0.1) is 12.5 Å². The monoisotopic (exact) mass is 207 g/mol. The van der Waals surface area contributed by atoms with Crippen molar-refractivity contribution in [3.8, 4) is 12.1 Å². The summed E-state index contributed by atoms with van der Waals surface area (Å²) in [6, 6.07) is 4.98. The molecule has 15 heavy (non-hydrogen) atoms. The summed E-state index contributed by atoms with van der Waals surface area (Å²) >= 11 is 0. The summed E-state index contributed by atoms with van der Waals surface area (Å²) in [7, 11) is 0. The van der Waals surface area contributed by atoms with E-state index in [4.69, 9.17) is 10.5 Å². The summed E-state index contributed by atoms with van der Waals surface area (Å²) in [4.78, 5) is 3.55. The minimum atomic E-state index is -2.70. The lowest BCUT2D eigenvalue weighted by Gasteiger charge is -2.06. The zero-order valence-corrected chi connectivity index (χ0v) is 7.96. The van der Waals surface area contributed by atoms with Crippen LogP contribution < -0.4 is 0 Å². The molecule has 3 nitrogen and oxygen atoms in total. The number of aryl methyl sites for hydroxylation is 1. The Morgan fingerprint density at radius 2 is 2.13 bits per heavy atom. The molecule has 76 valence electrons. The summed E-state index contributed by atoms with van der Waals surface area (Å²) in [6.45, 7) is 1.48. The molecule has 0 spiro atoms. The van der Waals surface area contributed by atoms with Crippen LogP contribution in [0.15, 0.2) is 6.07 Å². The maximum atomic E-state index is 12.4. The van der Waals surface area contributed by atoms with Gasteiger partial charge in [-0.15, -0.1) is 0 Å². The minimum Gasteiger partial charge on any atom is -0.236 e. The van der Waals surface area contributed by atoms with Crippen molar-refractivity contribution in [2.45, 2.75) is 19.8 Å². The molecule has 0 N–H and O–H groups in total. The molecule has 1 heterocycles. The van der Waals surface area contributed by atoms with Crippen LogP contribution in [0.5, 0.6) is 0 Å². The van der Waals surface area contributed by atoms with E-state index in [2.05, 4.69) is 4.98 Å². The van der Waals surface area contributed by atoms with Gasteiger partial charge in [0, 0.05) is 5.56 Å². The lowest BCUT2D eigenvalue weighted by molar-refractivity contribution is 0.145. The summed E-state index contributed by atoms with van der Waals surface area (Å²) in [5.41, 5.74) is 0.196. The molecule has 0 saturated carbocycles. The van der Waals surface area contributed by atoms with Crippen LogP contribution in [0.3, 0.4) is 0 Å². The summed E-state index contributed by atoms with van der Waals surface area (Å²) in [5.74, 6) is 0. The zero-order chi connectivity index (χ0) is 11.4. The van der Waals surface area contributed by atoms with Gasteiger partial charge in [-0.3, -0.25) is 0 Å². The Labute approximate surface area is 85.6 Å². The quantitative estimate of drug-likeness (QED) is 0.747. The van der Waals surface area contributed by atoms with Crippen molar-refractivity contribution in [2.75, 3.05) is 0 Å². The van der Waals surface area contributed by atoms with Crippen LogP contribution in [-0.2, 0) is 6.42 Å². The van der Waals surface area contributed by atoms with E-state index in [0.717, 1.165) is 0 Å². The normalized spacial score (nSPS) is 9.73. The highest BCUT2D eigenvalue weighted by Gasteiger charge is 2.16. The Balaban J connectivity index is 3.32. The zero-order valence-electron chi connectivity index (χ0n) is 7.96. The molecule has 0 aliphatic heterocycles. The van der Waals surface area contributed by atoms with E-state index in [0.29, 0.717) is 11.1 Å². The second-order valence-electron chi connectivity index (χ2n) is 2.95. The lowest BCUT2D eigenvalue weighted by Crippen LogP contribution is -2.01. The average Bonchev–Trinajstić information content (AvgIpc) is 2.18. The van der Waals surface area contributed by atoms with Gasteiger partial charge in [0.1, 0.15) is 17.5 Å². The smallest absolute Gasteiger partial charge is 0.236 e. The molecule has 0 bridgehead atoms. The fourth-order valence-electron chi connectivity index (χ4n) is 1.22. The van der Waals surface area contributed by atoms with E-state index in [-0.39, 0.29) is 12.1 Å². The number of aromatic nitrogens is 1. The van der Waals surface area contributed by atoms with Crippen LogP contribution >= 0.6 is 0 Å². The molecule has 1 aromatic rings. The molecular weight excluding hydrogens is 200 g/mol. The van der Waals surface area contributed by atoms with Crippen LogP contribution in [-0.4, -0.2) is 4.98 Å².